The van der Waals surface area contributed by atoms with Gasteiger partial charge in [-0.3, -0.25) is 4.79 Å². The van der Waals surface area contributed by atoms with Crippen molar-refractivity contribution in [1.29, 1.82) is 0 Å². The van der Waals surface area contributed by atoms with Crippen LogP contribution in [0.2, 0.25) is 0 Å². The quantitative estimate of drug-likeness (QED) is 0.465. The van der Waals surface area contributed by atoms with Crippen LogP contribution in [0.3, 0.4) is 0 Å². The summed E-state index contributed by atoms with van der Waals surface area (Å²) in [7, 11) is 0. The summed E-state index contributed by atoms with van der Waals surface area (Å²) in [5.41, 5.74) is 3.74. The Morgan fingerprint density at radius 3 is 2.42 bits per heavy atom. The number of hydrogen-bond acceptors (Lipinski definition) is 3. The maximum absolute atomic E-state index is 13.6. The van der Waals surface area contributed by atoms with Crippen molar-refractivity contribution < 1.29 is 13.6 Å². The average molecular weight is 435 g/mol. The zero-order chi connectivity index (χ0) is 21.4. The van der Waals surface area contributed by atoms with Crippen LogP contribution in [0.4, 0.5) is 8.78 Å². The van der Waals surface area contributed by atoms with Crippen molar-refractivity contribution >= 4 is 29.0 Å². The van der Waals surface area contributed by atoms with E-state index in [9.17, 15) is 13.6 Å². The van der Waals surface area contributed by atoms with Gasteiger partial charge >= 0.3 is 0 Å². The molecule has 1 aromatic heterocycles. The van der Waals surface area contributed by atoms with E-state index < -0.39 is 0 Å². The zero-order valence-corrected chi connectivity index (χ0v) is 17.5. The van der Waals surface area contributed by atoms with Crippen molar-refractivity contribution in [2.45, 2.75) is 25.3 Å². The number of fused-ring (bicyclic) bond motifs is 1. The molecule has 0 radical (unpaired) electrons. The second-order valence-electron chi connectivity index (χ2n) is 7.83. The molecule has 6 heteroatoms. The van der Waals surface area contributed by atoms with E-state index in [4.69, 9.17) is 5.10 Å². The molecule has 1 aliphatic heterocycles. The highest BCUT2D eigenvalue weighted by Gasteiger charge is 2.44. The fourth-order valence-electron chi connectivity index (χ4n) is 4.43. The molecule has 3 aromatic rings. The number of benzene rings is 2. The molecule has 0 spiro atoms. The van der Waals surface area contributed by atoms with Crippen LogP contribution in [0.1, 0.15) is 46.1 Å². The lowest BCUT2D eigenvalue weighted by Crippen LogP contribution is -2.31. The average Bonchev–Trinajstić information content (AvgIpc) is 3.44. The molecular weight excluding hydrogens is 414 g/mol. The number of allylic oxidation sites excluding steroid dienone is 1. The zero-order valence-electron chi connectivity index (χ0n) is 16.7. The Labute approximate surface area is 183 Å². The summed E-state index contributed by atoms with van der Waals surface area (Å²) in [4.78, 5) is 13.9. The van der Waals surface area contributed by atoms with Gasteiger partial charge in [-0.25, -0.2) is 13.8 Å². The second kappa shape index (κ2) is 8.19. The van der Waals surface area contributed by atoms with E-state index in [1.54, 1.807) is 35.3 Å². The maximum Gasteiger partial charge on any atom is 0.284 e. The van der Waals surface area contributed by atoms with Crippen LogP contribution in [-0.4, -0.2) is 16.6 Å². The number of carbonyl (C=O) groups excluding carboxylic acids is 1. The lowest BCUT2D eigenvalue weighted by atomic mass is 9.77. The van der Waals surface area contributed by atoms with Gasteiger partial charge in [-0.1, -0.05) is 30.3 Å². The molecule has 1 amide bonds. The Morgan fingerprint density at radius 2 is 1.74 bits per heavy atom. The molecule has 0 N–H and O–H groups in total. The van der Waals surface area contributed by atoms with Crippen LogP contribution in [0, 0.1) is 17.6 Å². The van der Waals surface area contributed by atoms with Crippen molar-refractivity contribution in [1.82, 2.24) is 5.01 Å². The topological polar surface area (TPSA) is 32.7 Å². The molecule has 1 fully saturated rings. The third-order valence-corrected chi connectivity index (χ3v) is 6.72. The van der Waals surface area contributed by atoms with E-state index in [0.29, 0.717) is 4.88 Å². The van der Waals surface area contributed by atoms with Crippen LogP contribution in [-0.2, 0) is 0 Å². The van der Waals surface area contributed by atoms with Gasteiger partial charge in [0.15, 0.2) is 0 Å². The standard InChI is InChI=1S/C25H20F2N2OS/c26-19-10-6-16(7-11-19)15-18-3-1-4-21-23(18)28-29(25(30)22-5-2-14-31-22)24(21)17-8-12-20(27)13-9-17/h2,5-15,21,24H,1,3-4H2/b18-15+/t21-,24-/m0/s1. The predicted octanol–water partition coefficient (Wildman–Crippen LogP) is 6.46. The molecule has 2 heterocycles. The van der Waals surface area contributed by atoms with Gasteiger partial charge in [-0.05, 0) is 77.8 Å². The Kier molecular flexibility index (Phi) is 5.24. The fourth-order valence-corrected chi connectivity index (χ4v) is 5.09. The molecule has 1 aliphatic carbocycles. The third-order valence-electron chi connectivity index (χ3n) is 5.86. The molecule has 2 aromatic carbocycles. The molecule has 1 saturated carbocycles. The van der Waals surface area contributed by atoms with Crippen LogP contribution in [0.25, 0.3) is 6.08 Å². The highest BCUT2D eigenvalue weighted by Crippen LogP contribution is 2.45. The Bertz CT molecular complexity index is 1150. The van der Waals surface area contributed by atoms with Crippen molar-refractivity contribution in [2.75, 3.05) is 0 Å². The Morgan fingerprint density at radius 1 is 1.03 bits per heavy atom. The smallest absolute Gasteiger partial charge is 0.266 e. The molecule has 2 aliphatic rings. The van der Waals surface area contributed by atoms with E-state index in [1.807, 2.05) is 17.5 Å². The van der Waals surface area contributed by atoms with E-state index >= 15 is 0 Å². The highest BCUT2D eigenvalue weighted by atomic mass is 32.1. The van der Waals surface area contributed by atoms with Gasteiger partial charge in [0.25, 0.3) is 5.91 Å². The van der Waals surface area contributed by atoms with Crippen molar-refractivity contribution in [3.63, 3.8) is 0 Å². The van der Waals surface area contributed by atoms with Gasteiger partial charge in [0.2, 0.25) is 0 Å². The van der Waals surface area contributed by atoms with Gasteiger partial charge < -0.3 is 0 Å². The minimum Gasteiger partial charge on any atom is -0.266 e. The summed E-state index contributed by atoms with van der Waals surface area (Å²) in [6.45, 7) is 0. The van der Waals surface area contributed by atoms with E-state index in [1.165, 1.54) is 35.6 Å². The van der Waals surface area contributed by atoms with Crippen molar-refractivity contribution in [3.8, 4) is 0 Å². The largest absolute Gasteiger partial charge is 0.284 e. The second-order valence-corrected chi connectivity index (χ2v) is 8.78. The summed E-state index contributed by atoms with van der Waals surface area (Å²) in [5, 5.41) is 8.26. The van der Waals surface area contributed by atoms with Gasteiger partial charge in [0, 0.05) is 5.92 Å². The molecule has 0 unspecified atom stereocenters. The number of thiophene rings is 1. The highest BCUT2D eigenvalue weighted by molar-refractivity contribution is 7.12. The first kappa shape index (κ1) is 19.8. The lowest BCUT2D eigenvalue weighted by Gasteiger charge is -2.29. The van der Waals surface area contributed by atoms with Crippen LogP contribution in [0.5, 0.6) is 0 Å². The summed E-state index contributed by atoms with van der Waals surface area (Å²) in [5.74, 6) is -0.687. The molecule has 5 rings (SSSR count). The van der Waals surface area contributed by atoms with E-state index in [2.05, 4.69) is 0 Å². The summed E-state index contributed by atoms with van der Waals surface area (Å²) in [6.07, 6.45) is 4.75. The Balaban J connectivity index is 1.57. The van der Waals surface area contributed by atoms with E-state index in [0.717, 1.165) is 41.7 Å². The predicted molar refractivity (Wildman–Crippen MR) is 119 cm³/mol. The molecule has 156 valence electrons. The van der Waals surface area contributed by atoms with E-state index in [-0.39, 0.29) is 29.5 Å². The first-order chi connectivity index (χ1) is 15.1. The molecule has 31 heavy (non-hydrogen) atoms. The lowest BCUT2D eigenvalue weighted by molar-refractivity contribution is 0.0686. The van der Waals surface area contributed by atoms with Gasteiger partial charge in [-0.15, -0.1) is 11.3 Å². The summed E-state index contributed by atoms with van der Waals surface area (Å²) >= 11 is 1.38. The summed E-state index contributed by atoms with van der Waals surface area (Å²) < 4.78 is 26.9. The number of halogens is 2. The molecule has 0 saturated heterocycles. The van der Waals surface area contributed by atoms with Crippen LogP contribution in [0.15, 0.2) is 76.7 Å². The van der Waals surface area contributed by atoms with Gasteiger partial charge in [0.05, 0.1) is 16.6 Å². The molecule has 3 nitrogen and oxygen atoms in total. The van der Waals surface area contributed by atoms with Crippen LogP contribution >= 0.6 is 11.3 Å². The SMILES string of the molecule is O=C(c1cccs1)N1N=C2/C(=C/c3ccc(F)cc3)CCC[C@@H]2[C@@H]1c1ccc(F)cc1. The van der Waals surface area contributed by atoms with Gasteiger partial charge in [-0.2, -0.15) is 5.10 Å². The maximum atomic E-state index is 13.6. The third kappa shape index (κ3) is 3.83. The van der Waals surface area contributed by atoms with Gasteiger partial charge in [0.1, 0.15) is 11.6 Å². The van der Waals surface area contributed by atoms with Crippen molar-refractivity contribution in [2.24, 2.45) is 11.0 Å². The van der Waals surface area contributed by atoms with Crippen LogP contribution < -0.4 is 0 Å². The molecule has 0 bridgehead atoms. The number of amides is 1. The number of hydrogen-bond donors (Lipinski definition) is 0. The minimum atomic E-state index is -0.306. The van der Waals surface area contributed by atoms with Crippen molar-refractivity contribution in [3.05, 3.63) is 99.3 Å². The first-order valence-electron chi connectivity index (χ1n) is 10.3. The normalized spacial score (nSPS) is 21.8. The number of rotatable bonds is 3. The molecule has 2 atom stereocenters. The molecular formula is C25H20F2N2OS. The fraction of sp³-hybridized carbons (Fsp3) is 0.200. The Hall–Kier alpha value is -3.12. The summed E-state index contributed by atoms with van der Waals surface area (Å²) in [6, 6.07) is 16.1. The number of carbonyl (C=O) groups is 1. The first-order valence-corrected chi connectivity index (χ1v) is 11.2. The number of hydrazone groups is 1. The number of nitrogens with zero attached hydrogens (tertiary/aromatic N) is 2. The monoisotopic (exact) mass is 434 g/mol. The minimum absolute atomic E-state index is 0.0369.